The molecule has 3 atom stereocenters. The van der Waals surface area contributed by atoms with Crippen molar-refractivity contribution in [2.24, 2.45) is 0 Å². The molecule has 0 radical (unpaired) electrons. The van der Waals surface area contributed by atoms with Gasteiger partial charge in [0.1, 0.15) is 16.7 Å². The summed E-state index contributed by atoms with van der Waals surface area (Å²) in [7, 11) is 0. The van der Waals surface area contributed by atoms with Crippen LogP contribution in [0.3, 0.4) is 0 Å². The van der Waals surface area contributed by atoms with Gasteiger partial charge in [-0.15, -0.1) is 0 Å². The second-order valence-corrected chi connectivity index (χ2v) is 8.37. The summed E-state index contributed by atoms with van der Waals surface area (Å²) in [5, 5.41) is 3.47. The molecule has 2 aliphatic rings. The zero-order chi connectivity index (χ0) is 20.0. The van der Waals surface area contributed by atoms with Gasteiger partial charge in [-0.1, -0.05) is 12.1 Å². The molecule has 0 saturated carbocycles. The second-order valence-electron chi connectivity index (χ2n) is 7.56. The van der Waals surface area contributed by atoms with Crippen LogP contribution in [0.15, 0.2) is 52.1 Å². The molecule has 0 aliphatic carbocycles. The van der Waals surface area contributed by atoms with Crippen LogP contribution in [0.4, 0.5) is 5.82 Å². The Morgan fingerprint density at radius 1 is 1.24 bits per heavy atom. The van der Waals surface area contributed by atoms with E-state index in [2.05, 4.69) is 36.2 Å². The molecule has 148 valence electrons. The van der Waals surface area contributed by atoms with Crippen LogP contribution >= 0.6 is 15.9 Å². The Bertz CT molecular complexity index is 1040. The quantitative estimate of drug-likeness (QED) is 0.640. The molecule has 0 spiro atoms. The van der Waals surface area contributed by atoms with Gasteiger partial charge in [0.2, 0.25) is 5.89 Å². The third-order valence-corrected chi connectivity index (χ3v) is 6.28. The lowest BCUT2D eigenvalue weighted by atomic mass is 9.95. The number of anilines is 1. The lowest BCUT2D eigenvalue weighted by molar-refractivity contribution is 0.0728. The van der Waals surface area contributed by atoms with Crippen LogP contribution in [0.5, 0.6) is 0 Å². The van der Waals surface area contributed by atoms with Crippen molar-refractivity contribution < 1.29 is 9.21 Å². The lowest BCUT2D eigenvalue weighted by Crippen LogP contribution is -2.40. The van der Waals surface area contributed by atoms with E-state index in [9.17, 15) is 4.79 Å². The third-order valence-electron chi connectivity index (χ3n) is 5.87. The first kappa shape index (κ1) is 18.3. The van der Waals surface area contributed by atoms with Crippen LogP contribution in [0.1, 0.15) is 35.2 Å². The molecule has 8 heteroatoms. The molecule has 29 heavy (non-hydrogen) atoms. The van der Waals surface area contributed by atoms with Gasteiger partial charge in [-0.2, -0.15) is 0 Å². The van der Waals surface area contributed by atoms with Crippen LogP contribution in [-0.4, -0.2) is 43.9 Å². The zero-order valence-corrected chi connectivity index (χ0v) is 17.5. The van der Waals surface area contributed by atoms with Gasteiger partial charge < -0.3 is 14.6 Å². The van der Waals surface area contributed by atoms with Crippen molar-refractivity contribution in [2.75, 3.05) is 5.32 Å². The topological polar surface area (TPSA) is 84.2 Å². The number of carbonyl (C=O) groups is 1. The van der Waals surface area contributed by atoms with E-state index in [1.807, 2.05) is 30.0 Å². The predicted molar refractivity (Wildman–Crippen MR) is 111 cm³/mol. The van der Waals surface area contributed by atoms with Crippen molar-refractivity contribution in [2.45, 2.75) is 44.3 Å². The summed E-state index contributed by atoms with van der Waals surface area (Å²) in [4.78, 5) is 28.5. The summed E-state index contributed by atoms with van der Waals surface area (Å²) in [6, 6.07) is 6.30. The minimum absolute atomic E-state index is 0.0422. The normalized spacial score (nSPS) is 22.8. The second kappa shape index (κ2) is 7.26. The number of nitrogens with one attached hydrogen (secondary N) is 1. The Morgan fingerprint density at radius 3 is 2.90 bits per heavy atom. The molecule has 3 unspecified atom stereocenters. The van der Waals surface area contributed by atoms with Crippen molar-refractivity contribution in [3.63, 3.8) is 0 Å². The molecular formula is C21H20BrN5O2. The molecule has 2 aliphatic heterocycles. The number of fused-ring (bicyclic) bond motifs is 2. The van der Waals surface area contributed by atoms with E-state index in [-0.39, 0.29) is 24.0 Å². The molecule has 7 nitrogen and oxygen atoms in total. The minimum Gasteiger partial charge on any atom is -0.444 e. The molecule has 2 fully saturated rings. The van der Waals surface area contributed by atoms with E-state index in [0.717, 1.165) is 36.2 Å². The number of nitrogens with zero attached hydrogens (tertiary/aromatic N) is 4. The van der Waals surface area contributed by atoms with Gasteiger partial charge in [-0.3, -0.25) is 4.79 Å². The number of benzene rings is 1. The van der Waals surface area contributed by atoms with Crippen LogP contribution in [-0.2, 0) is 0 Å². The third kappa shape index (κ3) is 3.21. The highest BCUT2D eigenvalue weighted by Gasteiger charge is 2.49. The summed E-state index contributed by atoms with van der Waals surface area (Å²) in [6.45, 7) is 1.98. The number of oxazole rings is 1. The summed E-state index contributed by atoms with van der Waals surface area (Å²) < 4.78 is 6.22. The van der Waals surface area contributed by atoms with Gasteiger partial charge in [0, 0.05) is 6.04 Å². The first-order valence-corrected chi connectivity index (χ1v) is 10.5. The number of amides is 1. The number of halogens is 1. The minimum atomic E-state index is 0.0422. The maximum absolute atomic E-state index is 13.6. The van der Waals surface area contributed by atoms with Crippen LogP contribution in [0.2, 0.25) is 0 Å². The van der Waals surface area contributed by atoms with Crippen LogP contribution < -0.4 is 5.32 Å². The number of carbonyl (C=O) groups excluding carboxylic acids is 1. The Balaban J connectivity index is 1.43. The van der Waals surface area contributed by atoms with Gasteiger partial charge in [0.05, 0.1) is 41.8 Å². The monoisotopic (exact) mass is 453 g/mol. The Hall–Kier alpha value is -2.74. The number of rotatable bonds is 4. The Labute approximate surface area is 176 Å². The smallest absolute Gasteiger partial charge is 0.255 e. The summed E-state index contributed by atoms with van der Waals surface area (Å²) in [5.41, 5.74) is 2.40. The highest BCUT2D eigenvalue weighted by Crippen LogP contribution is 2.41. The van der Waals surface area contributed by atoms with E-state index in [1.165, 1.54) is 6.26 Å². The van der Waals surface area contributed by atoms with Crippen LogP contribution in [0, 0.1) is 6.92 Å². The first-order valence-electron chi connectivity index (χ1n) is 9.68. The molecule has 1 amide bonds. The Kier molecular flexibility index (Phi) is 4.58. The fraction of sp³-hybridized carbons (Fsp3) is 0.333. The van der Waals surface area contributed by atoms with Crippen molar-refractivity contribution >= 4 is 27.7 Å². The van der Waals surface area contributed by atoms with E-state index in [4.69, 9.17) is 4.42 Å². The molecule has 2 saturated heterocycles. The van der Waals surface area contributed by atoms with Gasteiger partial charge >= 0.3 is 0 Å². The highest BCUT2D eigenvalue weighted by atomic mass is 79.9. The van der Waals surface area contributed by atoms with Gasteiger partial charge in [0.15, 0.2) is 0 Å². The molecule has 2 bridgehead atoms. The number of aromatic nitrogens is 3. The SMILES string of the molecule is Cc1cccc(C(=O)N2C3CCC2C(Nc2cnc(Br)cn2)C3)c1-c1ncco1. The fourth-order valence-corrected chi connectivity index (χ4v) is 4.86. The average Bonchev–Trinajstić information content (AvgIpc) is 3.45. The van der Waals surface area contributed by atoms with Gasteiger partial charge in [-0.25, -0.2) is 15.0 Å². The molecular weight excluding hydrogens is 434 g/mol. The zero-order valence-electron chi connectivity index (χ0n) is 15.9. The van der Waals surface area contributed by atoms with Crippen molar-refractivity contribution in [1.29, 1.82) is 0 Å². The van der Waals surface area contributed by atoms with Crippen molar-refractivity contribution in [3.8, 4) is 11.5 Å². The number of hydrogen-bond donors (Lipinski definition) is 1. The van der Waals surface area contributed by atoms with Gasteiger partial charge in [0.25, 0.3) is 5.91 Å². The molecule has 3 aromatic rings. The van der Waals surface area contributed by atoms with Crippen molar-refractivity contribution in [1.82, 2.24) is 19.9 Å². The molecule has 1 N–H and O–H groups in total. The predicted octanol–water partition coefficient (Wildman–Crippen LogP) is 4.06. The summed E-state index contributed by atoms with van der Waals surface area (Å²) in [6.07, 6.45) is 9.45. The molecule has 2 aromatic heterocycles. The molecule has 4 heterocycles. The molecule has 5 rings (SSSR count). The van der Waals surface area contributed by atoms with Crippen molar-refractivity contribution in [3.05, 3.63) is 58.8 Å². The average molecular weight is 454 g/mol. The van der Waals surface area contributed by atoms with E-state index in [0.29, 0.717) is 16.1 Å². The summed E-state index contributed by atoms with van der Waals surface area (Å²) in [5.74, 6) is 1.26. The maximum atomic E-state index is 13.6. The number of aryl methyl sites for hydroxylation is 1. The highest BCUT2D eigenvalue weighted by molar-refractivity contribution is 9.10. The largest absolute Gasteiger partial charge is 0.444 e. The Morgan fingerprint density at radius 2 is 2.14 bits per heavy atom. The summed E-state index contributed by atoms with van der Waals surface area (Å²) >= 11 is 3.31. The first-order chi connectivity index (χ1) is 14.1. The van der Waals surface area contributed by atoms with E-state index < -0.39 is 0 Å². The standard InChI is InChI=1S/C21H20BrN5O2/c1-12-3-2-4-14(19(12)20-23-7-8-29-20)21(28)27-13-5-6-16(27)15(9-13)26-18-11-24-17(22)10-25-18/h2-4,7-8,10-11,13,15-16H,5-6,9H2,1H3,(H,25,26). The fourth-order valence-electron chi connectivity index (χ4n) is 4.65. The van der Waals surface area contributed by atoms with E-state index in [1.54, 1.807) is 18.6 Å². The van der Waals surface area contributed by atoms with Gasteiger partial charge in [-0.05, 0) is 53.7 Å². The van der Waals surface area contributed by atoms with E-state index >= 15 is 0 Å². The van der Waals surface area contributed by atoms with Crippen LogP contribution in [0.25, 0.3) is 11.5 Å². The number of hydrogen-bond acceptors (Lipinski definition) is 6. The molecule has 1 aromatic carbocycles. The lowest BCUT2D eigenvalue weighted by Gasteiger charge is -2.26. The maximum Gasteiger partial charge on any atom is 0.255 e.